The maximum atomic E-state index is 12.1. The van der Waals surface area contributed by atoms with Crippen molar-refractivity contribution in [3.05, 3.63) is 24.3 Å². The lowest BCUT2D eigenvalue weighted by molar-refractivity contribution is -0.131. The molecule has 1 aliphatic heterocycles. The first-order valence-electron chi connectivity index (χ1n) is 6.41. The maximum Gasteiger partial charge on any atom is 0.247 e. The third kappa shape index (κ3) is 2.54. The third-order valence-corrected chi connectivity index (χ3v) is 3.31. The molecule has 1 aromatic carbocycles. The zero-order chi connectivity index (χ0) is 14.0. The standard InChI is InChI=1S/C14H19N3O2/c1-4-12-14(19)15-9-13(18)17(12)11-7-5-6-10(8-11)16(2)3/h5-8,12H,4,9H2,1-3H3,(H,15,19). The minimum absolute atomic E-state index is 0.0673. The van der Waals surface area contributed by atoms with E-state index in [1.165, 1.54) is 0 Å². The molecule has 0 bridgehead atoms. The van der Waals surface area contributed by atoms with E-state index in [0.29, 0.717) is 6.42 Å². The van der Waals surface area contributed by atoms with E-state index in [9.17, 15) is 9.59 Å². The Kier molecular flexibility index (Phi) is 3.74. The van der Waals surface area contributed by atoms with Crippen molar-refractivity contribution < 1.29 is 9.59 Å². The van der Waals surface area contributed by atoms with E-state index in [2.05, 4.69) is 5.32 Å². The Hall–Kier alpha value is -2.04. The van der Waals surface area contributed by atoms with Crippen molar-refractivity contribution in [1.82, 2.24) is 5.32 Å². The highest BCUT2D eigenvalue weighted by Gasteiger charge is 2.34. The van der Waals surface area contributed by atoms with Gasteiger partial charge in [-0.3, -0.25) is 14.5 Å². The summed E-state index contributed by atoms with van der Waals surface area (Å²) in [6.07, 6.45) is 0.601. The summed E-state index contributed by atoms with van der Waals surface area (Å²) in [7, 11) is 3.89. The van der Waals surface area contributed by atoms with E-state index < -0.39 is 6.04 Å². The van der Waals surface area contributed by atoms with Gasteiger partial charge in [0.2, 0.25) is 11.8 Å². The van der Waals surface area contributed by atoms with Crippen LogP contribution < -0.4 is 15.1 Å². The number of hydrogen-bond donors (Lipinski definition) is 1. The Balaban J connectivity index is 2.39. The first-order valence-corrected chi connectivity index (χ1v) is 6.41. The number of hydrogen-bond acceptors (Lipinski definition) is 3. The first kappa shape index (κ1) is 13.4. The number of piperazine rings is 1. The molecule has 0 radical (unpaired) electrons. The average molecular weight is 261 g/mol. The molecule has 102 valence electrons. The molecular formula is C14H19N3O2. The molecule has 0 aliphatic carbocycles. The van der Waals surface area contributed by atoms with Crippen LogP contribution in [0.1, 0.15) is 13.3 Å². The van der Waals surface area contributed by atoms with Crippen LogP contribution in [0.5, 0.6) is 0 Å². The van der Waals surface area contributed by atoms with Gasteiger partial charge in [-0.05, 0) is 24.6 Å². The second-order valence-corrected chi connectivity index (χ2v) is 4.82. The summed E-state index contributed by atoms with van der Waals surface area (Å²) in [5.41, 5.74) is 1.78. The highest BCUT2D eigenvalue weighted by Crippen LogP contribution is 2.25. The molecule has 1 fully saturated rings. The molecule has 2 amide bonds. The van der Waals surface area contributed by atoms with Crippen molar-refractivity contribution in [2.75, 3.05) is 30.4 Å². The molecule has 1 N–H and O–H groups in total. The van der Waals surface area contributed by atoms with E-state index >= 15 is 0 Å². The molecule has 19 heavy (non-hydrogen) atoms. The van der Waals surface area contributed by atoms with Crippen LogP contribution >= 0.6 is 0 Å². The van der Waals surface area contributed by atoms with Crippen molar-refractivity contribution in [2.24, 2.45) is 0 Å². The van der Waals surface area contributed by atoms with E-state index in [1.54, 1.807) is 4.90 Å². The topological polar surface area (TPSA) is 52.7 Å². The van der Waals surface area contributed by atoms with Crippen molar-refractivity contribution in [3.8, 4) is 0 Å². The number of rotatable bonds is 3. The summed E-state index contributed by atoms with van der Waals surface area (Å²) >= 11 is 0. The number of benzene rings is 1. The SMILES string of the molecule is CCC1C(=O)NCC(=O)N1c1cccc(N(C)C)c1. The number of amides is 2. The van der Waals surface area contributed by atoms with E-state index in [0.717, 1.165) is 11.4 Å². The number of carbonyl (C=O) groups is 2. The van der Waals surface area contributed by atoms with Crippen LogP contribution in [0.2, 0.25) is 0 Å². The Morgan fingerprint density at radius 3 is 2.74 bits per heavy atom. The Morgan fingerprint density at radius 1 is 1.37 bits per heavy atom. The zero-order valence-electron chi connectivity index (χ0n) is 11.5. The minimum Gasteiger partial charge on any atom is -0.378 e. The van der Waals surface area contributed by atoms with Gasteiger partial charge < -0.3 is 10.2 Å². The Bertz CT molecular complexity index is 499. The summed E-state index contributed by atoms with van der Waals surface area (Å²) in [6, 6.07) is 7.25. The molecular weight excluding hydrogens is 242 g/mol. The van der Waals surface area contributed by atoms with Gasteiger partial charge >= 0.3 is 0 Å². The molecule has 0 spiro atoms. The van der Waals surface area contributed by atoms with Gasteiger partial charge in [-0.1, -0.05) is 13.0 Å². The lowest BCUT2D eigenvalue weighted by Crippen LogP contribution is -2.58. The fourth-order valence-corrected chi connectivity index (χ4v) is 2.27. The molecule has 5 heteroatoms. The highest BCUT2D eigenvalue weighted by molar-refractivity contribution is 6.06. The van der Waals surface area contributed by atoms with Crippen LogP contribution in [0.4, 0.5) is 11.4 Å². The molecule has 1 saturated heterocycles. The fraction of sp³-hybridized carbons (Fsp3) is 0.429. The lowest BCUT2D eigenvalue weighted by Gasteiger charge is -2.34. The summed E-state index contributed by atoms with van der Waals surface area (Å²) < 4.78 is 0. The summed E-state index contributed by atoms with van der Waals surface area (Å²) in [4.78, 5) is 27.5. The highest BCUT2D eigenvalue weighted by atomic mass is 16.2. The largest absolute Gasteiger partial charge is 0.378 e. The molecule has 0 saturated carbocycles. The molecule has 2 rings (SSSR count). The average Bonchev–Trinajstić information content (AvgIpc) is 2.41. The van der Waals surface area contributed by atoms with Crippen molar-refractivity contribution >= 4 is 23.2 Å². The van der Waals surface area contributed by atoms with Crippen LogP contribution in [-0.4, -0.2) is 38.5 Å². The van der Waals surface area contributed by atoms with E-state index in [4.69, 9.17) is 0 Å². The van der Waals surface area contributed by atoms with Crippen LogP contribution in [-0.2, 0) is 9.59 Å². The summed E-state index contributed by atoms with van der Waals surface area (Å²) in [6.45, 7) is 1.98. The van der Waals surface area contributed by atoms with Crippen molar-refractivity contribution in [3.63, 3.8) is 0 Å². The van der Waals surface area contributed by atoms with Gasteiger partial charge in [0.1, 0.15) is 6.04 Å². The molecule has 5 nitrogen and oxygen atoms in total. The van der Waals surface area contributed by atoms with Gasteiger partial charge in [0, 0.05) is 25.5 Å². The lowest BCUT2D eigenvalue weighted by atomic mass is 10.1. The van der Waals surface area contributed by atoms with Crippen molar-refractivity contribution in [2.45, 2.75) is 19.4 Å². The molecule has 1 aromatic rings. The molecule has 0 aromatic heterocycles. The Labute approximate surface area is 113 Å². The van der Waals surface area contributed by atoms with Crippen LogP contribution in [0, 0.1) is 0 Å². The van der Waals surface area contributed by atoms with Gasteiger partial charge in [0.05, 0.1) is 6.54 Å². The second kappa shape index (κ2) is 5.30. The first-order chi connectivity index (χ1) is 9.04. The van der Waals surface area contributed by atoms with Crippen molar-refractivity contribution in [1.29, 1.82) is 0 Å². The van der Waals surface area contributed by atoms with Gasteiger partial charge in [-0.2, -0.15) is 0 Å². The predicted octanol–water partition coefficient (Wildman–Crippen LogP) is 0.994. The molecule has 1 unspecified atom stereocenters. The smallest absolute Gasteiger partial charge is 0.247 e. The predicted molar refractivity (Wildman–Crippen MR) is 75.3 cm³/mol. The number of nitrogens with zero attached hydrogens (tertiary/aromatic N) is 2. The number of anilines is 2. The zero-order valence-corrected chi connectivity index (χ0v) is 11.5. The Morgan fingerprint density at radius 2 is 2.11 bits per heavy atom. The molecule has 1 aliphatic rings. The third-order valence-electron chi connectivity index (χ3n) is 3.31. The van der Waals surface area contributed by atoms with Gasteiger partial charge in [0.15, 0.2) is 0 Å². The van der Waals surface area contributed by atoms with E-state index in [-0.39, 0.29) is 18.4 Å². The quantitative estimate of drug-likeness (QED) is 0.883. The van der Waals surface area contributed by atoms with Crippen LogP contribution in [0.15, 0.2) is 24.3 Å². The molecule has 1 atom stereocenters. The van der Waals surface area contributed by atoms with Gasteiger partial charge in [-0.15, -0.1) is 0 Å². The van der Waals surface area contributed by atoms with Gasteiger partial charge in [-0.25, -0.2) is 0 Å². The fourth-order valence-electron chi connectivity index (χ4n) is 2.27. The number of carbonyl (C=O) groups excluding carboxylic acids is 2. The molecule has 1 heterocycles. The minimum atomic E-state index is -0.418. The summed E-state index contributed by atoms with van der Waals surface area (Å²) in [5, 5.41) is 2.63. The maximum absolute atomic E-state index is 12.1. The number of nitrogens with one attached hydrogen (secondary N) is 1. The van der Waals surface area contributed by atoms with Gasteiger partial charge in [0.25, 0.3) is 0 Å². The van der Waals surface area contributed by atoms with Crippen LogP contribution in [0.3, 0.4) is 0 Å². The monoisotopic (exact) mass is 261 g/mol. The normalized spacial score (nSPS) is 19.3. The van der Waals surface area contributed by atoms with E-state index in [1.807, 2.05) is 50.2 Å². The van der Waals surface area contributed by atoms with Crippen LogP contribution in [0.25, 0.3) is 0 Å². The second-order valence-electron chi connectivity index (χ2n) is 4.82. The summed E-state index contributed by atoms with van der Waals surface area (Å²) in [5.74, 6) is -0.153.